The van der Waals surface area contributed by atoms with Gasteiger partial charge in [-0.3, -0.25) is 4.79 Å². The third-order valence-corrected chi connectivity index (χ3v) is 6.43. The van der Waals surface area contributed by atoms with Crippen LogP contribution in [-0.2, 0) is 11.2 Å². The summed E-state index contributed by atoms with van der Waals surface area (Å²) in [6.45, 7) is 6.88. The molecular weight excluding hydrogens is 473 g/mol. The summed E-state index contributed by atoms with van der Waals surface area (Å²) >= 11 is 0. The maximum atomic E-state index is 14.2. The first-order valence-electron chi connectivity index (χ1n) is 12.1. The number of carbonyl (C=O) groups excluding carboxylic acids is 1. The molecule has 0 bridgehead atoms. The first-order chi connectivity index (χ1) is 17.8. The summed E-state index contributed by atoms with van der Waals surface area (Å²) in [6, 6.07) is 3.33. The van der Waals surface area contributed by atoms with Crippen molar-refractivity contribution in [2.24, 2.45) is 5.92 Å². The highest BCUT2D eigenvalue weighted by atomic mass is 19.1. The lowest BCUT2D eigenvalue weighted by Gasteiger charge is -2.23. The zero-order chi connectivity index (χ0) is 27.7. The smallest absolute Gasteiger partial charge is 0.226 e. The lowest BCUT2D eigenvalue weighted by molar-refractivity contribution is -0.133. The first-order valence-corrected chi connectivity index (χ1v) is 12.1. The summed E-state index contributed by atoms with van der Waals surface area (Å²) in [5, 5.41) is 4.98. The van der Waals surface area contributed by atoms with Crippen LogP contribution < -0.4 is 10.5 Å². The number of ether oxygens (including phenoxy) is 1. The van der Waals surface area contributed by atoms with Gasteiger partial charge in [0.05, 0.1) is 18.5 Å². The number of likely N-dealkylation sites (tertiary alicyclic amines) is 1. The van der Waals surface area contributed by atoms with Gasteiger partial charge in [-0.05, 0) is 45.7 Å². The van der Waals surface area contributed by atoms with Gasteiger partial charge in [-0.25, -0.2) is 14.4 Å². The summed E-state index contributed by atoms with van der Waals surface area (Å²) < 4.78 is 20.7. The lowest BCUT2D eigenvalue weighted by Crippen LogP contribution is -2.36. The molecule has 198 valence electrons. The molecule has 0 aliphatic carbocycles. The zero-order valence-corrected chi connectivity index (χ0v) is 22.0. The number of unbranched alkanes of at least 4 members (excludes halogenated alkanes) is 1. The Hall–Kier alpha value is -3.89. The van der Waals surface area contributed by atoms with Crippen LogP contribution in [0.15, 0.2) is 12.1 Å². The summed E-state index contributed by atoms with van der Waals surface area (Å²) in [7, 11) is 3.28. The van der Waals surface area contributed by atoms with Crippen molar-refractivity contribution in [1.29, 1.82) is 0 Å². The highest BCUT2D eigenvalue weighted by Gasteiger charge is 2.31. The van der Waals surface area contributed by atoms with Gasteiger partial charge in [-0.2, -0.15) is 4.52 Å². The number of aryl methyl sites for hydroxylation is 1. The SMILES string of the molecule is C#C.C#C.COc1cc2nc(N)n3nc(CCCCN(C)C(=O)[C@H]4CCN(C(C)C)C4)nc3c2cc1F. The molecule has 1 atom stereocenters. The summed E-state index contributed by atoms with van der Waals surface area (Å²) in [4.78, 5) is 25.8. The monoisotopic (exact) mass is 509 g/mol. The summed E-state index contributed by atoms with van der Waals surface area (Å²) in [5.41, 5.74) is 7.02. The largest absolute Gasteiger partial charge is 0.494 e. The molecule has 0 spiro atoms. The first kappa shape index (κ1) is 29.3. The molecule has 0 radical (unpaired) electrons. The number of hydrogen-bond donors (Lipinski definition) is 1. The minimum Gasteiger partial charge on any atom is -0.494 e. The quantitative estimate of drug-likeness (QED) is 0.368. The van der Waals surface area contributed by atoms with Gasteiger partial charge in [0.1, 0.15) is 0 Å². The van der Waals surface area contributed by atoms with Gasteiger partial charge in [-0.15, -0.1) is 30.8 Å². The Morgan fingerprint density at radius 2 is 1.95 bits per heavy atom. The molecule has 3 aromatic rings. The van der Waals surface area contributed by atoms with Crippen LogP contribution >= 0.6 is 0 Å². The van der Waals surface area contributed by atoms with Crippen LogP contribution in [0.2, 0.25) is 0 Å². The van der Waals surface area contributed by atoms with Crippen LogP contribution in [0.25, 0.3) is 16.6 Å². The van der Waals surface area contributed by atoms with E-state index in [0.717, 1.165) is 32.4 Å². The minimum atomic E-state index is -0.491. The van der Waals surface area contributed by atoms with Crippen LogP contribution in [-0.4, -0.2) is 75.1 Å². The van der Waals surface area contributed by atoms with Gasteiger partial charge in [0.2, 0.25) is 11.9 Å². The van der Waals surface area contributed by atoms with Crippen LogP contribution in [0, 0.1) is 37.4 Å². The van der Waals surface area contributed by atoms with Gasteiger partial charge >= 0.3 is 0 Å². The molecule has 1 aliphatic rings. The number of anilines is 1. The second kappa shape index (κ2) is 13.4. The lowest BCUT2D eigenvalue weighted by atomic mass is 10.1. The number of hydrogen-bond acceptors (Lipinski definition) is 7. The number of halogens is 1. The van der Waals surface area contributed by atoms with Crippen molar-refractivity contribution < 1.29 is 13.9 Å². The fraction of sp³-hybridized carbons (Fsp3) is 0.481. The second-order valence-electron chi connectivity index (χ2n) is 9.03. The Morgan fingerprint density at radius 1 is 1.24 bits per heavy atom. The number of fused-ring (bicyclic) bond motifs is 3. The normalized spacial score (nSPS) is 15.1. The summed E-state index contributed by atoms with van der Waals surface area (Å²) in [6.07, 6.45) is 19.2. The average Bonchev–Trinajstić information content (AvgIpc) is 3.57. The standard InChI is InChI=1S/C23H32FN7O2.2C2H2/c1-14(2)30-10-8-15(13-30)22(32)29(3)9-6-5-7-20-27-21-16-11-17(24)19(33-4)12-18(16)26-23(25)31(21)28-20;2*1-2/h11-12,14-15H,5-10,13H2,1-4H3,(H2,25,26);2*1-2H/t15-;;/m0../s1. The number of aromatic nitrogens is 4. The van der Waals surface area contributed by atoms with Crippen molar-refractivity contribution in [3.8, 4) is 31.4 Å². The maximum Gasteiger partial charge on any atom is 0.226 e. The van der Waals surface area contributed by atoms with E-state index in [1.54, 1.807) is 0 Å². The molecule has 37 heavy (non-hydrogen) atoms. The van der Waals surface area contributed by atoms with Gasteiger partial charge in [-0.1, -0.05) is 0 Å². The molecule has 2 aromatic heterocycles. The molecule has 1 aromatic carbocycles. The Morgan fingerprint density at radius 3 is 2.57 bits per heavy atom. The third kappa shape index (κ3) is 6.66. The van der Waals surface area contributed by atoms with E-state index in [4.69, 9.17) is 10.5 Å². The molecule has 3 heterocycles. The Bertz CT molecular complexity index is 1250. The van der Waals surface area contributed by atoms with Gasteiger partial charge in [0.25, 0.3) is 0 Å². The van der Waals surface area contributed by atoms with E-state index in [2.05, 4.69) is 59.5 Å². The number of carbonyl (C=O) groups is 1. The van der Waals surface area contributed by atoms with Gasteiger partial charge in [0.15, 0.2) is 23.0 Å². The molecule has 10 heteroatoms. The second-order valence-corrected chi connectivity index (χ2v) is 9.03. The minimum absolute atomic E-state index is 0.0975. The number of nitrogens with zero attached hydrogens (tertiary/aromatic N) is 6. The number of nitrogens with two attached hydrogens (primary N) is 1. The van der Waals surface area contributed by atoms with E-state index in [-0.39, 0.29) is 23.5 Å². The fourth-order valence-electron chi connectivity index (χ4n) is 4.45. The Labute approximate surface area is 218 Å². The van der Waals surface area contributed by atoms with Gasteiger partial charge in [0, 0.05) is 44.1 Å². The number of methoxy groups -OCH3 is 1. The number of nitrogen functional groups attached to an aromatic ring is 1. The topological polar surface area (TPSA) is 102 Å². The Kier molecular flexibility index (Phi) is 10.6. The highest BCUT2D eigenvalue weighted by Crippen LogP contribution is 2.27. The van der Waals surface area contributed by atoms with Crippen molar-refractivity contribution in [2.45, 2.75) is 45.6 Å². The van der Waals surface area contributed by atoms with Crippen molar-refractivity contribution in [3.63, 3.8) is 0 Å². The van der Waals surface area contributed by atoms with Crippen LogP contribution in [0.5, 0.6) is 5.75 Å². The molecular formula is C27H36FN7O2. The molecule has 2 N–H and O–H groups in total. The molecule has 1 fully saturated rings. The number of terminal acetylenes is 2. The molecule has 0 saturated carbocycles. The zero-order valence-electron chi connectivity index (χ0n) is 22.0. The van der Waals surface area contributed by atoms with Crippen molar-refractivity contribution >= 4 is 28.4 Å². The highest BCUT2D eigenvalue weighted by molar-refractivity contribution is 5.93. The predicted molar refractivity (Wildman–Crippen MR) is 144 cm³/mol. The third-order valence-electron chi connectivity index (χ3n) is 6.43. The molecule has 9 nitrogen and oxygen atoms in total. The van der Waals surface area contributed by atoms with Gasteiger partial charge < -0.3 is 20.3 Å². The number of benzene rings is 1. The van der Waals surface area contributed by atoms with E-state index in [1.807, 2.05) is 11.9 Å². The molecule has 0 unspecified atom stereocenters. The van der Waals surface area contributed by atoms with E-state index < -0.39 is 5.82 Å². The van der Waals surface area contributed by atoms with Crippen LogP contribution in [0.4, 0.5) is 10.3 Å². The predicted octanol–water partition coefficient (Wildman–Crippen LogP) is 3.02. The fourth-order valence-corrected chi connectivity index (χ4v) is 4.45. The maximum absolute atomic E-state index is 14.2. The number of rotatable bonds is 8. The van der Waals surface area contributed by atoms with E-state index >= 15 is 0 Å². The Balaban J connectivity index is 0.00000115. The number of amides is 1. The summed E-state index contributed by atoms with van der Waals surface area (Å²) in [5.74, 6) is 0.736. The molecule has 1 saturated heterocycles. The van der Waals surface area contributed by atoms with Crippen molar-refractivity contribution in [2.75, 3.05) is 39.5 Å². The van der Waals surface area contributed by atoms with E-state index in [9.17, 15) is 9.18 Å². The molecule has 4 rings (SSSR count). The molecule has 1 amide bonds. The van der Waals surface area contributed by atoms with E-state index in [1.165, 1.54) is 23.8 Å². The van der Waals surface area contributed by atoms with E-state index in [0.29, 0.717) is 41.4 Å². The van der Waals surface area contributed by atoms with Crippen LogP contribution in [0.1, 0.15) is 38.9 Å². The average molecular weight is 510 g/mol. The van der Waals surface area contributed by atoms with Crippen LogP contribution in [0.3, 0.4) is 0 Å². The van der Waals surface area contributed by atoms with Crippen molar-refractivity contribution in [1.82, 2.24) is 29.4 Å². The van der Waals surface area contributed by atoms with Crippen molar-refractivity contribution in [3.05, 3.63) is 23.8 Å². The molecule has 1 aliphatic heterocycles.